The third-order valence-electron chi connectivity index (χ3n) is 2.98. The van der Waals surface area contributed by atoms with Crippen LogP contribution in [0.25, 0.3) is 0 Å². The minimum Gasteiger partial charge on any atom is -0.494 e. The Hall–Kier alpha value is -2.18. The van der Waals surface area contributed by atoms with Crippen LogP contribution in [0, 0.1) is 11.3 Å². The zero-order valence-electron chi connectivity index (χ0n) is 11.9. The number of benzene rings is 2. The predicted molar refractivity (Wildman–Crippen MR) is 85.7 cm³/mol. The molecule has 0 aliphatic carbocycles. The van der Waals surface area contributed by atoms with E-state index in [9.17, 15) is 0 Å². The topological polar surface area (TPSA) is 45.0 Å². The van der Waals surface area contributed by atoms with Crippen LogP contribution in [0.5, 0.6) is 5.75 Å². The van der Waals surface area contributed by atoms with Gasteiger partial charge in [0.05, 0.1) is 17.2 Å². The largest absolute Gasteiger partial charge is 0.494 e. The average molecular weight is 301 g/mol. The molecule has 0 radical (unpaired) electrons. The molecule has 0 saturated heterocycles. The summed E-state index contributed by atoms with van der Waals surface area (Å²) in [7, 11) is 0. The Bertz CT molecular complexity index is 632. The molecule has 0 aliphatic heterocycles. The summed E-state index contributed by atoms with van der Waals surface area (Å²) in [6.07, 6.45) is 1.00. The molecule has 2 rings (SSSR count). The molecule has 2 aromatic carbocycles. The molecular formula is C17H17ClN2O. The molecule has 0 atom stereocenters. The molecule has 0 heterocycles. The molecule has 0 unspecified atom stereocenters. The molecule has 0 amide bonds. The predicted octanol–water partition coefficient (Wildman–Crippen LogP) is 4.61. The van der Waals surface area contributed by atoms with Gasteiger partial charge in [0.25, 0.3) is 0 Å². The molecule has 0 bridgehead atoms. The third-order valence-corrected chi connectivity index (χ3v) is 3.30. The summed E-state index contributed by atoms with van der Waals surface area (Å²) in [6.45, 7) is 3.51. The zero-order chi connectivity index (χ0) is 15.1. The Morgan fingerprint density at radius 1 is 1.19 bits per heavy atom. The molecule has 21 heavy (non-hydrogen) atoms. The first kappa shape index (κ1) is 15.2. The van der Waals surface area contributed by atoms with Crippen LogP contribution in [-0.4, -0.2) is 6.61 Å². The van der Waals surface area contributed by atoms with Crippen LogP contribution in [0.1, 0.15) is 24.5 Å². The normalized spacial score (nSPS) is 9.95. The maximum Gasteiger partial charge on any atom is 0.119 e. The monoisotopic (exact) mass is 300 g/mol. The second-order valence-electron chi connectivity index (χ2n) is 4.65. The van der Waals surface area contributed by atoms with E-state index in [2.05, 4.69) is 12.2 Å². The number of nitrogens with one attached hydrogen (secondary N) is 1. The van der Waals surface area contributed by atoms with E-state index in [4.69, 9.17) is 21.6 Å². The van der Waals surface area contributed by atoms with Crippen molar-refractivity contribution in [2.75, 3.05) is 11.9 Å². The van der Waals surface area contributed by atoms with Crippen LogP contribution in [0.4, 0.5) is 5.69 Å². The highest BCUT2D eigenvalue weighted by molar-refractivity contribution is 6.32. The maximum absolute atomic E-state index is 8.84. The number of hydrogen-bond acceptors (Lipinski definition) is 3. The van der Waals surface area contributed by atoms with Gasteiger partial charge >= 0.3 is 0 Å². The van der Waals surface area contributed by atoms with E-state index < -0.39 is 0 Å². The van der Waals surface area contributed by atoms with Crippen molar-refractivity contribution in [3.63, 3.8) is 0 Å². The first-order valence-electron chi connectivity index (χ1n) is 6.88. The minimum atomic E-state index is 0.464. The Labute approximate surface area is 130 Å². The van der Waals surface area contributed by atoms with Crippen LogP contribution < -0.4 is 10.1 Å². The molecule has 0 spiro atoms. The van der Waals surface area contributed by atoms with Gasteiger partial charge in [-0.2, -0.15) is 5.26 Å². The molecule has 3 nitrogen and oxygen atoms in total. The first-order valence-corrected chi connectivity index (χ1v) is 7.26. The number of halogens is 1. The highest BCUT2D eigenvalue weighted by Crippen LogP contribution is 2.21. The van der Waals surface area contributed by atoms with Gasteiger partial charge in [-0.3, -0.25) is 0 Å². The van der Waals surface area contributed by atoms with Gasteiger partial charge in [-0.1, -0.05) is 30.7 Å². The highest BCUT2D eigenvalue weighted by Gasteiger charge is 2.01. The van der Waals surface area contributed by atoms with E-state index in [0.717, 1.165) is 30.0 Å². The van der Waals surface area contributed by atoms with Gasteiger partial charge in [-0.15, -0.1) is 0 Å². The smallest absolute Gasteiger partial charge is 0.119 e. The Balaban J connectivity index is 1.93. The van der Waals surface area contributed by atoms with Crippen LogP contribution in [-0.2, 0) is 6.54 Å². The van der Waals surface area contributed by atoms with Crippen molar-refractivity contribution in [3.05, 3.63) is 58.6 Å². The number of anilines is 1. The number of nitriles is 1. The SMILES string of the molecule is CCCOc1ccc(CNc2ccc(C#N)c(Cl)c2)cc1. The standard InChI is InChI=1S/C17H17ClN2O/c1-2-9-21-16-7-3-13(4-8-16)12-20-15-6-5-14(11-19)17(18)10-15/h3-8,10,20H,2,9,12H2,1H3. The summed E-state index contributed by atoms with van der Waals surface area (Å²) in [5, 5.41) is 12.6. The number of rotatable bonds is 6. The van der Waals surface area contributed by atoms with Crippen LogP contribution in [0.15, 0.2) is 42.5 Å². The molecule has 1 N–H and O–H groups in total. The van der Waals surface area contributed by atoms with Crippen molar-refractivity contribution in [2.24, 2.45) is 0 Å². The summed E-state index contributed by atoms with van der Waals surface area (Å²) in [5.41, 5.74) is 2.53. The fraction of sp³-hybridized carbons (Fsp3) is 0.235. The average Bonchev–Trinajstić information content (AvgIpc) is 2.52. The lowest BCUT2D eigenvalue weighted by atomic mass is 10.2. The van der Waals surface area contributed by atoms with Crippen LogP contribution in [0.2, 0.25) is 5.02 Å². The molecule has 4 heteroatoms. The van der Waals surface area contributed by atoms with E-state index in [1.807, 2.05) is 36.4 Å². The lowest BCUT2D eigenvalue weighted by Gasteiger charge is -2.09. The van der Waals surface area contributed by atoms with Crippen molar-refractivity contribution in [1.29, 1.82) is 5.26 Å². The second-order valence-corrected chi connectivity index (χ2v) is 5.06. The fourth-order valence-corrected chi connectivity index (χ4v) is 2.07. The van der Waals surface area contributed by atoms with Crippen LogP contribution >= 0.6 is 11.6 Å². The minimum absolute atomic E-state index is 0.464. The quantitative estimate of drug-likeness (QED) is 0.847. The van der Waals surface area contributed by atoms with Gasteiger partial charge in [0.15, 0.2) is 0 Å². The van der Waals surface area contributed by atoms with Gasteiger partial charge in [-0.25, -0.2) is 0 Å². The Kier molecular flexibility index (Phi) is 5.48. The van der Waals surface area contributed by atoms with E-state index in [1.54, 1.807) is 12.1 Å². The van der Waals surface area contributed by atoms with Crippen molar-refractivity contribution < 1.29 is 4.74 Å². The summed E-state index contributed by atoms with van der Waals surface area (Å²) in [6, 6.07) is 15.4. The molecule has 2 aromatic rings. The van der Waals surface area contributed by atoms with Gasteiger partial charge < -0.3 is 10.1 Å². The van der Waals surface area contributed by atoms with E-state index >= 15 is 0 Å². The molecule has 108 valence electrons. The molecular weight excluding hydrogens is 284 g/mol. The molecule has 0 fully saturated rings. The van der Waals surface area contributed by atoms with Crippen LogP contribution in [0.3, 0.4) is 0 Å². The Morgan fingerprint density at radius 2 is 1.95 bits per heavy atom. The van der Waals surface area contributed by atoms with Crippen molar-refractivity contribution >= 4 is 17.3 Å². The van der Waals surface area contributed by atoms with Gasteiger partial charge in [0.1, 0.15) is 11.8 Å². The molecule has 0 aromatic heterocycles. The summed E-state index contributed by atoms with van der Waals surface area (Å²) in [4.78, 5) is 0. The summed E-state index contributed by atoms with van der Waals surface area (Å²) >= 11 is 6.00. The van der Waals surface area contributed by atoms with Crippen molar-refractivity contribution in [3.8, 4) is 11.8 Å². The fourth-order valence-electron chi connectivity index (χ4n) is 1.84. The summed E-state index contributed by atoms with van der Waals surface area (Å²) in [5.74, 6) is 0.891. The van der Waals surface area contributed by atoms with E-state index in [1.165, 1.54) is 0 Å². The zero-order valence-corrected chi connectivity index (χ0v) is 12.7. The first-order chi connectivity index (χ1) is 10.2. The summed E-state index contributed by atoms with van der Waals surface area (Å²) < 4.78 is 5.55. The van der Waals surface area contributed by atoms with E-state index in [-0.39, 0.29) is 0 Å². The van der Waals surface area contributed by atoms with Gasteiger partial charge in [-0.05, 0) is 42.3 Å². The molecule has 0 saturated carbocycles. The van der Waals surface area contributed by atoms with Crippen molar-refractivity contribution in [2.45, 2.75) is 19.9 Å². The molecule has 0 aliphatic rings. The second kappa shape index (κ2) is 7.56. The lowest BCUT2D eigenvalue weighted by Crippen LogP contribution is -2.00. The van der Waals surface area contributed by atoms with Gasteiger partial charge in [0.2, 0.25) is 0 Å². The number of ether oxygens (including phenoxy) is 1. The van der Waals surface area contributed by atoms with Crippen molar-refractivity contribution in [1.82, 2.24) is 0 Å². The third kappa shape index (κ3) is 4.40. The van der Waals surface area contributed by atoms with E-state index in [0.29, 0.717) is 17.1 Å². The lowest BCUT2D eigenvalue weighted by molar-refractivity contribution is 0.317. The van der Waals surface area contributed by atoms with Gasteiger partial charge in [0, 0.05) is 12.2 Å². The number of nitrogens with zero attached hydrogens (tertiary/aromatic N) is 1. The number of hydrogen-bond donors (Lipinski definition) is 1. The maximum atomic E-state index is 8.84. The highest BCUT2D eigenvalue weighted by atomic mass is 35.5. The Morgan fingerprint density at radius 3 is 2.57 bits per heavy atom.